The zero-order chi connectivity index (χ0) is 14.5. The van der Waals surface area contributed by atoms with Gasteiger partial charge in [0.2, 0.25) is 10.0 Å². The lowest BCUT2D eigenvalue weighted by atomic mass is 10.2. The number of nitrogens with zero attached hydrogens (tertiary/aromatic N) is 1. The van der Waals surface area contributed by atoms with Crippen LogP contribution in [-0.4, -0.2) is 25.8 Å². The van der Waals surface area contributed by atoms with Crippen molar-refractivity contribution in [2.75, 3.05) is 13.1 Å². The van der Waals surface area contributed by atoms with Crippen LogP contribution in [0.1, 0.15) is 32.3 Å². The summed E-state index contributed by atoms with van der Waals surface area (Å²) in [5.41, 5.74) is 0.592. The van der Waals surface area contributed by atoms with Gasteiger partial charge in [0.15, 0.2) is 0 Å². The second-order valence-corrected chi connectivity index (χ2v) is 6.48. The number of benzene rings is 1. The lowest BCUT2D eigenvalue weighted by molar-refractivity contribution is 0.406. The van der Waals surface area contributed by atoms with Gasteiger partial charge < -0.3 is 0 Å². The summed E-state index contributed by atoms with van der Waals surface area (Å²) in [7, 11) is -3.79. The van der Waals surface area contributed by atoms with Gasteiger partial charge >= 0.3 is 0 Å². The predicted octanol–water partition coefficient (Wildman–Crippen LogP) is 3.38. The molecule has 0 spiro atoms. The van der Waals surface area contributed by atoms with E-state index in [1.165, 1.54) is 16.4 Å². The molecule has 0 heterocycles. The molecule has 1 aromatic carbocycles. The highest BCUT2D eigenvalue weighted by molar-refractivity contribution is 7.89. The van der Waals surface area contributed by atoms with Crippen LogP contribution in [0.5, 0.6) is 0 Å². The van der Waals surface area contributed by atoms with E-state index in [0.29, 0.717) is 31.5 Å². The summed E-state index contributed by atoms with van der Waals surface area (Å²) in [5.74, 6) is -0.573. The lowest BCUT2D eigenvalue weighted by Crippen LogP contribution is -2.33. The molecule has 0 N–H and O–H groups in total. The highest BCUT2D eigenvalue weighted by Gasteiger charge is 2.26. The number of alkyl halides is 1. The molecule has 108 valence electrons. The van der Waals surface area contributed by atoms with Gasteiger partial charge in [0.05, 0.1) is 0 Å². The van der Waals surface area contributed by atoms with Gasteiger partial charge in [-0.2, -0.15) is 4.31 Å². The third-order valence-corrected chi connectivity index (χ3v) is 4.94. The molecule has 3 nitrogen and oxygen atoms in total. The molecule has 0 aliphatic carbocycles. The summed E-state index contributed by atoms with van der Waals surface area (Å²) in [4.78, 5) is -0.285. The Morgan fingerprint density at radius 3 is 2.26 bits per heavy atom. The summed E-state index contributed by atoms with van der Waals surface area (Å²) in [6.45, 7) is 4.56. The Balaban J connectivity index is 3.23. The van der Waals surface area contributed by atoms with Crippen molar-refractivity contribution in [3.63, 3.8) is 0 Å². The normalized spacial score (nSPS) is 12.1. The van der Waals surface area contributed by atoms with Crippen molar-refractivity contribution in [3.8, 4) is 0 Å². The number of rotatable bonds is 7. The predicted molar refractivity (Wildman–Crippen MR) is 75.3 cm³/mol. The van der Waals surface area contributed by atoms with E-state index in [4.69, 9.17) is 11.6 Å². The average molecular weight is 308 g/mol. The maximum atomic E-state index is 13.8. The van der Waals surface area contributed by atoms with Gasteiger partial charge in [0, 0.05) is 19.0 Å². The third-order valence-electron chi connectivity index (χ3n) is 2.71. The second kappa shape index (κ2) is 7.22. The van der Waals surface area contributed by atoms with E-state index in [2.05, 4.69) is 0 Å². The quantitative estimate of drug-likeness (QED) is 0.724. The summed E-state index contributed by atoms with van der Waals surface area (Å²) in [6.07, 6.45) is 1.38. The Bertz CT molecular complexity index is 513. The monoisotopic (exact) mass is 307 g/mol. The van der Waals surface area contributed by atoms with Crippen molar-refractivity contribution in [2.24, 2.45) is 0 Å². The molecule has 0 aromatic heterocycles. The molecule has 0 radical (unpaired) electrons. The van der Waals surface area contributed by atoms with Crippen molar-refractivity contribution in [1.29, 1.82) is 0 Å². The molecule has 0 unspecified atom stereocenters. The molecule has 0 aliphatic rings. The molecule has 0 saturated heterocycles. The van der Waals surface area contributed by atoms with Crippen LogP contribution in [0.4, 0.5) is 4.39 Å². The van der Waals surface area contributed by atoms with E-state index < -0.39 is 15.8 Å². The highest BCUT2D eigenvalue weighted by Crippen LogP contribution is 2.22. The first-order valence-corrected chi connectivity index (χ1v) is 8.29. The molecule has 0 bridgehead atoms. The molecule has 0 saturated carbocycles. The SMILES string of the molecule is CCCN(CCC)S(=O)(=O)c1cc(CCl)ccc1F. The molecule has 0 fully saturated rings. The fraction of sp³-hybridized carbons (Fsp3) is 0.538. The first kappa shape index (κ1) is 16.4. The minimum Gasteiger partial charge on any atom is -0.207 e. The largest absolute Gasteiger partial charge is 0.245 e. The topological polar surface area (TPSA) is 37.4 Å². The van der Waals surface area contributed by atoms with Crippen molar-refractivity contribution in [2.45, 2.75) is 37.5 Å². The van der Waals surface area contributed by atoms with Crippen molar-refractivity contribution in [3.05, 3.63) is 29.6 Å². The third kappa shape index (κ3) is 3.91. The van der Waals surface area contributed by atoms with Crippen LogP contribution in [0.2, 0.25) is 0 Å². The summed E-state index contributed by atoms with van der Waals surface area (Å²) in [6, 6.07) is 3.96. The van der Waals surface area contributed by atoms with Crippen molar-refractivity contribution < 1.29 is 12.8 Å². The van der Waals surface area contributed by atoms with Crippen LogP contribution in [0, 0.1) is 5.82 Å². The highest BCUT2D eigenvalue weighted by atomic mass is 35.5. The van der Waals surface area contributed by atoms with E-state index in [-0.39, 0.29) is 10.8 Å². The van der Waals surface area contributed by atoms with Crippen LogP contribution < -0.4 is 0 Å². The van der Waals surface area contributed by atoms with Crippen molar-refractivity contribution in [1.82, 2.24) is 4.31 Å². The fourth-order valence-corrected chi connectivity index (χ4v) is 3.72. The molecule has 0 aliphatic heterocycles. The van der Waals surface area contributed by atoms with Crippen LogP contribution in [0.25, 0.3) is 0 Å². The van der Waals surface area contributed by atoms with Gasteiger partial charge in [-0.05, 0) is 30.5 Å². The first-order chi connectivity index (χ1) is 8.97. The van der Waals surface area contributed by atoms with E-state index >= 15 is 0 Å². The Morgan fingerprint density at radius 1 is 1.21 bits per heavy atom. The maximum Gasteiger partial charge on any atom is 0.245 e. The molecule has 0 amide bonds. The summed E-state index contributed by atoms with van der Waals surface area (Å²) >= 11 is 5.67. The average Bonchev–Trinajstić information content (AvgIpc) is 2.39. The Kier molecular flexibility index (Phi) is 6.23. The lowest BCUT2D eigenvalue weighted by Gasteiger charge is -2.21. The summed E-state index contributed by atoms with van der Waals surface area (Å²) in [5, 5.41) is 0. The fourth-order valence-electron chi connectivity index (χ4n) is 1.82. The van der Waals surface area contributed by atoms with E-state index in [1.54, 1.807) is 0 Å². The van der Waals surface area contributed by atoms with Crippen molar-refractivity contribution >= 4 is 21.6 Å². The Hall–Kier alpha value is -0.650. The summed E-state index contributed by atoms with van der Waals surface area (Å²) < 4.78 is 40.0. The van der Waals surface area contributed by atoms with E-state index in [0.717, 1.165) is 6.07 Å². The van der Waals surface area contributed by atoms with Gasteiger partial charge in [-0.15, -0.1) is 11.6 Å². The van der Waals surface area contributed by atoms with Crippen LogP contribution in [-0.2, 0) is 15.9 Å². The minimum atomic E-state index is -3.79. The minimum absolute atomic E-state index is 0.157. The van der Waals surface area contributed by atoms with Gasteiger partial charge in [-0.1, -0.05) is 19.9 Å². The molecule has 0 atom stereocenters. The van der Waals surface area contributed by atoms with Gasteiger partial charge in [-0.25, -0.2) is 12.8 Å². The van der Waals surface area contributed by atoms with Gasteiger partial charge in [-0.3, -0.25) is 0 Å². The number of hydrogen-bond acceptors (Lipinski definition) is 2. The first-order valence-electron chi connectivity index (χ1n) is 6.31. The number of sulfonamides is 1. The Morgan fingerprint density at radius 2 is 1.79 bits per heavy atom. The molecular weight excluding hydrogens is 289 g/mol. The van der Waals surface area contributed by atoms with Gasteiger partial charge in [0.1, 0.15) is 10.7 Å². The zero-order valence-electron chi connectivity index (χ0n) is 11.2. The second-order valence-electron chi connectivity index (χ2n) is 4.30. The molecule has 6 heteroatoms. The maximum absolute atomic E-state index is 13.8. The van der Waals surface area contributed by atoms with Gasteiger partial charge in [0.25, 0.3) is 0 Å². The van der Waals surface area contributed by atoms with E-state index in [1.807, 2.05) is 13.8 Å². The molecule has 1 aromatic rings. The molecule has 19 heavy (non-hydrogen) atoms. The number of halogens is 2. The Labute approximate surface area is 119 Å². The molecule has 1 rings (SSSR count). The van der Waals surface area contributed by atoms with Crippen LogP contribution in [0.15, 0.2) is 23.1 Å². The smallest absolute Gasteiger partial charge is 0.207 e. The molecular formula is C13H19ClFNO2S. The zero-order valence-corrected chi connectivity index (χ0v) is 12.8. The van der Waals surface area contributed by atoms with Crippen LogP contribution >= 0.6 is 11.6 Å². The van der Waals surface area contributed by atoms with E-state index in [9.17, 15) is 12.8 Å². The van der Waals surface area contributed by atoms with Crippen LogP contribution in [0.3, 0.4) is 0 Å². The number of hydrogen-bond donors (Lipinski definition) is 0. The standard InChI is InChI=1S/C13H19ClFNO2S/c1-3-7-16(8-4-2)19(17,18)13-9-11(10-14)5-6-12(13)15/h5-6,9H,3-4,7-8,10H2,1-2H3.